The van der Waals surface area contributed by atoms with Gasteiger partial charge in [0.2, 0.25) is 0 Å². The van der Waals surface area contributed by atoms with Crippen molar-refractivity contribution in [1.29, 1.82) is 0 Å². The van der Waals surface area contributed by atoms with E-state index in [9.17, 15) is 13.0 Å². The molecule has 0 heterocycles. The molecule has 0 aromatic rings. The molecule has 0 amide bonds. The Morgan fingerprint density at radius 2 is 1.00 bits per heavy atom. The standard InChI is InChI=1S/C20H43NO3S/c1-4-5-6-7-8-9-10-11-12-13-14-15-16-17-18-21(2,3)19-20-25(22,23)24/h4-20H2,1-3H3. The molecule has 5 heteroatoms. The van der Waals surface area contributed by atoms with Crippen molar-refractivity contribution in [1.82, 2.24) is 0 Å². The SMILES string of the molecule is CCCCCCCCCCCCCCCC[N+](C)(C)CCS(=O)(=O)[O-]. The Labute approximate surface area is 157 Å². The van der Waals surface area contributed by atoms with Crippen molar-refractivity contribution >= 4 is 10.1 Å². The predicted octanol–water partition coefficient (Wildman–Crippen LogP) is 5.09. The van der Waals surface area contributed by atoms with Gasteiger partial charge < -0.3 is 9.04 Å². The maximum absolute atomic E-state index is 10.7. The summed E-state index contributed by atoms with van der Waals surface area (Å²) in [6.45, 7) is 3.64. The van der Waals surface area contributed by atoms with Crippen molar-refractivity contribution in [3.05, 3.63) is 0 Å². The van der Waals surface area contributed by atoms with Crippen LogP contribution >= 0.6 is 0 Å². The van der Waals surface area contributed by atoms with Gasteiger partial charge in [0, 0.05) is 0 Å². The average molecular weight is 378 g/mol. The minimum absolute atomic E-state index is 0.251. The molecule has 0 aliphatic rings. The molecule has 0 rings (SSSR count). The highest BCUT2D eigenvalue weighted by atomic mass is 32.2. The Morgan fingerprint density at radius 1 is 0.640 bits per heavy atom. The monoisotopic (exact) mass is 377 g/mol. The van der Waals surface area contributed by atoms with Crippen LogP contribution in [0.5, 0.6) is 0 Å². The zero-order valence-corrected chi connectivity index (χ0v) is 17.9. The van der Waals surface area contributed by atoms with E-state index in [0.29, 0.717) is 11.0 Å². The Hall–Kier alpha value is -0.130. The highest BCUT2D eigenvalue weighted by molar-refractivity contribution is 7.85. The fourth-order valence-corrected chi connectivity index (χ4v) is 3.92. The molecule has 0 fully saturated rings. The Bertz CT molecular complexity index is 394. The van der Waals surface area contributed by atoms with Crippen molar-refractivity contribution < 1.29 is 17.5 Å². The summed E-state index contributed by atoms with van der Waals surface area (Å²) in [4.78, 5) is 0. The lowest BCUT2D eigenvalue weighted by atomic mass is 10.0. The smallest absolute Gasteiger partial charge is 0.100 e. The van der Waals surface area contributed by atoms with E-state index >= 15 is 0 Å². The van der Waals surface area contributed by atoms with Gasteiger partial charge in [0.05, 0.1) is 32.9 Å². The third-order valence-electron chi connectivity index (χ3n) is 5.06. The lowest BCUT2D eigenvalue weighted by Gasteiger charge is -2.30. The number of quaternary nitrogens is 1. The van der Waals surface area contributed by atoms with E-state index in [1.165, 1.54) is 83.5 Å². The van der Waals surface area contributed by atoms with Gasteiger partial charge in [-0.25, -0.2) is 8.42 Å². The molecule has 0 bridgehead atoms. The Balaban J connectivity index is 3.33. The molecule has 0 saturated heterocycles. The lowest BCUT2D eigenvalue weighted by Crippen LogP contribution is -2.43. The molecule has 0 atom stereocenters. The maximum atomic E-state index is 10.7. The van der Waals surface area contributed by atoms with Crippen LogP contribution in [0.3, 0.4) is 0 Å². The van der Waals surface area contributed by atoms with E-state index in [1.54, 1.807) is 0 Å². The quantitative estimate of drug-likeness (QED) is 0.190. The minimum atomic E-state index is -4.08. The van der Waals surface area contributed by atoms with Crippen LogP contribution in [0, 0.1) is 0 Å². The predicted molar refractivity (Wildman–Crippen MR) is 107 cm³/mol. The van der Waals surface area contributed by atoms with Crippen molar-refractivity contribution in [3.63, 3.8) is 0 Å². The van der Waals surface area contributed by atoms with Gasteiger partial charge in [-0.2, -0.15) is 0 Å². The second-order valence-corrected chi connectivity index (χ2v) is 9.76. The molecule has 0 spiro atoms. The van der Waals surface area contributed by atoms with Crippen LogP contribution in [-0.4, -0.2) is 50.4 Å². The van der Waals surface area contributed by atoms with Crippen molar-refractivity contribution in [2.75, 3.05) is 32.9 Å². The van der Waals surface area contributed by atoms with E-state index in [4.69, 9.17) is 0 Å². The molecule has 4 nitrogen and oxygen atoms in total. The summed E-state index contributed by atoms with van der Waals surface area (Å²) >= 11 is 0. The maximum Gasteiger partial charge on any atom is 0.100 e. The van der Waals surface area contributed by atoms with E-state index in [0.717, 1.165) is 13.0 Å². The average Bonchev–Trinajstić information content (AvgIpc) is 2.53. The summed E-state index contributed by atoms with van der Waals surface area (Å²) in [6.07, 6.45) is 18.8. The first kappa shape index (κ1) is 24.9. The highest BCUT2D eigenvalue weighted by Gasteiger charge is 2.15. The molecule has 0 radical (unpaired) electrons. The molecule has 152 valence electrons. The topological polar surface area (TPSA) is 57.2 Å². The van der Waals surface area contributed by atoms with Crippen LogP contribution in [-0.2, 0) is 10.1 Å². The molecule has 0 saturated carbocycles. The lowest BCUT2D eigenvalue weighted by molar-refractivity contribution is -0.888. The van der Waals surface area contributed by atoms with Crippen LogP contribution in [0.25, 0.3) is 0 Å². The third kappa shape index (κ3) is 20.0. The molecule has 0 aliphatic heterocycles. The number of nitrogens with zero attached hydrogens (tertiary/aromatic N) is 1. The van der Waals surface area contributed by atoms with Crippen LogP contribution < -0.4 is 0 Å². The fourth-order valence-electron chi connectivity index (χ4n) is 3.21. The number of rotatable bonds is 18. The first-order valence-electron chi connectivity index (χ1n) is 10.5. The normalized spacial score (nSPS) is 12.6. The highest BCUT2D eigenvalue weighted by Crippen LogP contribution is 2.13. The number of hydrogen-bond acceptors (Lipinski definition) is 3. The summed E-state index contributed by atoms with van der Waals surface area (Å²) in [6, 6.07) is 0. The van der Waals surface area contributed by atoms with Crippen LogP contribution in [0.15, 0.2) is 0 Å². The molecule has 0 aromatic heterocycles. The molecule has 0 aromatic carbocycles. The van der Waals surface area contributed by atoms with Gasteiger partial charge in [-0.05, 0) is 12.8 Å². The number of unbranched alkanes of at least 4 members (excludes halogenated alkanes) is 13. The number of hydrogen-bond donors (Lipinski definition) is 0. The molecule has 0 unspecified atom stereocenters. The van der Waals surface area contributed by atoms with E-state index < -0.39 is 10.1 Å². The molecule has 0 N–H and O–H groups in total. The van der Waals surface area contributed by atoms with Gasteiger partial charge in [0.15, 0.2) is 0 Å². The molecule has 25 heavy (non-hydrogen) atoms. The largest absolute Gasteiger partial charge is 0.748 e. The van der Waals surface area contributed by atoms with Crippen LogP contribution in [0.2, 0.25) is 0 Å². The molecule has 0 aliphatic carbocycles. The van der Waals surface area contributed by atoms with Gasteiger partial charge in [0.25, 0.3) is 0 Å². The van der Waals surface area contributed by atoms with Crippen LogP contribution in [0.1, 0.15) is 96.8 Å². The summed E-state index contributed by atoms with van der Waals surface area (Å²) in [5.41, 5.74) is 0. The van der Waals surface area contributed by atoms with Crippen molar-refractivity contribution in [2.45, 2.75) is 96.8 Å². The van der Waals surface area contributed by atoms with Gasteiger partial charge in [-0.1, -0.05) is 84.0 Å². The van der Waals surface area contributed by atoms with Crippen molar-refractivity contribution in [3.8, 4) is 0 Å². The fraction of sp³-hybridized carbons (Fsp3) is 1.00. The summed E-state index contributed by atoms with van der Waals surface area (Å²) in [5.74, 6) is -0.251. The Morgan fingerprint density at radius 3 is 1.36 bits per heavy atom. The zero-order chi connectivity index (χ0) is 19.0. The van der Waals surface area contributed by atoms with E-state index in [1.807, 2.05) is 14.1 Å². The first-order valence-corrected chi connectivity index (χ1v) is 12.1. The van der Waals surface area contributed by atoms with Gasteiger partial charge in [-0.15, -0.1) is 0 Å². The van der Waals surface area contributed by atoms with Crippen molar-refractivity contribution in [2.24, 2.45) is 0 Å². The van der Waals surface area contributed by atoms with Gasteiger partial charge in [-0.3, -0.25) is 0 Å². The molecular formula is C20H43NO3S. The second kappa shape index (κ2) is 15.0. The summed E-state index contributed by atoms with van der Waals surface area (Å²) < 4.78 is 32.8. The first-order chi connectivity index (χ1) is 11.8. The minimum Gasteiger partial charge on any atom is -0.748 e. The van der Waals surface area contributed by atoms with Gasteiger partial charge in [0.1, 0.15) is 10.1 Å². The van der Waals surface area contributed by atoms with E-state index in [-0.39, 0.29) is 5.75 Å². The van der Waals surface area contributed by atoms with Crippen LogP contribution in [0.4, 0.5) is 0 Å². The van der Waals surface area contributed by atoms with Gasteiger partial charge >= 0.3 is 0 Å². The summed E-state index contributed by atoms with van der Waals surface area (Å²) in [5, 5.41) is 0. The third-order valence-corrected chi connectivity index (χ3v) is 5.75. The summed E-state index contributed by atoms with van der Waals surface area (Å²) in [7, 11) is -0.0668. The second-order valence-electron chi connectivity index (χ2n) is 8.24. The van der Waals surface area contributed by atoms with E-state index in [2.05, 4.69) is 6.92 Å². The molecular weight excluding hydrogens is 334 g/mol. The Kier molecular flexibility index (Phi) is 14.9. The zero-order valence-electron chi connectivity index (χ0n) is 17.1.